The summed E-state index contributed by atoms with van der Waals surface area (Å²) in [6.07, 6.45) is 4.76. The van der Waals surface area contributed by atoms with E-state index in [4.69, 9.17) is 0 Å². The smallest absolute Gasteiger partial charge is 0.252 e. The minimum atomic E-state index is -0.0894. The van der Waals surface area contributed by atoms with E-state index in [0.29, 0.717) is 0 Å². The number of hydrogen-bond acceptors (Lipinski definition) is 2. The van der Waals surface area contributed by atoms with Gasteiger partial charge in [0.05, 0.1) is 11.0 Å². The Balaban J connectivity index is 0.936. The second-order valence-corrected chi connectivity index (χ2v) is 30.3. The zero-order valence-corrected chi connectivity index (χ0v) is 54.3. The normalized spacial score (nSPS) is 16.5. The predicted octanol–water partition coefficient (Wildman–Crippen LogP) is 21.5. The molecule has 0 saturated carbocycles. The zero-order chi connectivity index (χ0) is 61.8. The van der Waals surface area contributed by atoms with Crippen LogP contribution in [0, 0.1) is 0 Å². The average Bonchev–Trinajstić information content (AvgIpc) is 0.809. The lowest BCUT2D eigenvalue weighted by atomic mass is 9.33. The molecule has 12 aromatic rings. The molecule has 0 atom stereocenters. The van der Waals surface area contributed by atoms with E-state index in [9.17, 15) is 0 Å². The second-order valence-electron chi connectivity index (χ2n) is 30.3. The number of benzene rings is 11. The lowest BCUT2D eigenvalue weighted by Crippen LogP contribution is -2.61. The minimum absolute atomic E-state index is 0.00588. The maximum atomic E-state index is 2.61. The summed E-state index contributed by atoms with van der Waals surface area (Å²) >= 11 is 0. The van der Waals surface area contributed by atoms with Crippen LogP contribution in [-0.2, 0) is 27.1 Å². The highest BCUT2D eigenvalue weighted by atomic mass is 15.2. The van der Waals surface area contributed by atoms with Crippen LogP contribution in [-0.4, -0.2) is 11.3 Å². The van der Waals surface area contributed by atoms with E-state index >= 15 is 0 Å². The van der Waals surface area contributed by atoms with Crippen molar-refractivity contribution in [3.63, 3.8) is 0 Å². The summed E-state index contributed by atoms with van der Waals surface area (Å²) in [7, 11) is 0. The van der Waals surface area contributed by atoms with Crippen molar-refractivity contribution >= 4 is 79.0 Å². The molecule has 2 aliphatic heterocycles. The highest BCUT2D eigenvalue weighted by Gasteiger charge is 2.45. The lowest BCUT2D eigenvalue weighted by molar-refractivity contribution is 0.332. The van der Waals surface area contributed by atoms with Gasteiger partial charge in [-0.05, 0) is 214 Å². The van der Waals surface area contributed by atoms with E-state index in [1.807, 2.05) is 0 Å². The van der Waals surface area contributed by atoms with Crippen molar-refractivity contribution in [3.05, 3.63) is 264 Å². The van der Waals surface area contributed by atoms with Gasteiger partial charge in [0.1, 0.15) is 0 Å². The van der Waals surface area contributed by atoms with Gasteiger partial charge in [-0.15, -0.1) is 0 Å². The number of para-hydroxylation sites is 1. The van der Waals surface area contributed by atoms with Gasteiger partial charge in [-0.25, -0.2) is 0 Å². The molecule has 16 rings (SSSR count). The third-order valence-electron chi connectivity index (χ3n) is 21.7. The van der Waals surface area contributed by atoms with Crippen molar-refractivity contribution < 1.29 is 0 Å². The Morgan fingerprint density at radius 3 is 1.24 bits per heavy atom. The van der Waals surface area contributed by atoms with Crippen molar-refractivity contribution in [2.24, 2.45) is 0 Å². The number of hydrogen-bond donors (Lipinski definition) is 0. The number of fused-ring (bicyclic) bond motifs is 9. The van der Waals surface area contributed by atoms with Crippen LogP contribution in [0.15, 0.2) is 237 Å². The van der Waals surface area contributed by atoms with Crippen LogP contribution in [0.4, 0.5) is 34.1 Å². The Morgan fingerprint density at radius 1 is 0.311 bits per heavy atom. The molecule has 11 aromatic carbocycles. The molecule has 2 aliphatic carbocycles. The Kier molecular flexibility index (Phi) is 12.6. The molecule has 442 valence electrons. The van der Waals surface area contributed by atoms with Crippen LogP contribution >= 0.6 is 0 Å². The van der Waals surface area contributed by atoms with E-state index in [2.05, 4.69) is 327 Å². The van der Waals surface area contributed by atoms with Gasteiger partial charge >= 0.3 is 0 Å². The van der Waals surface area contributed by atoms with Crippen LogP contribution in [0.5, 0.6) is 0 Å². The van der Waals surface area contributed by atoms with Crippen LogP contribution in [0.1, 0.15) is 130 Å². The van der Waals surface area contributed by atoms with Crippen LogP contribution in [0.3, 0.4) is 0 Å². The van der Waals surface area contributed by atoms with Crippen LogP contribution in [0.25, 0.3) is 72.0 Å². The third kappa shape index (κ3) is 8.98. The van der Waals surface area contributed by atoms with Crippen molar-refractivity contribution in [1.82, 2.24) is 4.57 Å². The van der Waals surface area contributed by atoms with Crippen LogP contribution in [0.2, 0.25) is 0 Å². The largest absolute Gasteiger partial charge is 0.311 e. The summed E-state index contributed by atoms with van der Waals surface area (Å²) in [6.45, 7) is 26.3. The summed E-state index contributed by atoms with van der Waals surface area (Å²) in [5.74, 6) is 0. The molecule has 4 heteroatoms. The van der Waals surface area contributed by atoms with E-state index in [-0.39, 0.29) is 33.8 Å². The first-order chi connectivity index (χ1) is 43.2. The molecular formula is C86H80BN3. The Labute approximate surface area is 533 Å². The first-order valence-electron chi connectivity index (χ1n) is 32.9. The molecule has 0 radical (unpaired) electrons. The Morgan fingerprint density at radius 2 is 0.711 bits per heavy atom. The average molecular weight is 1170 g/mol. The fourth-order valence-electron chi connectivity index (χ4n) is 16.1. The molecular weight excluding hydrogens is 1090 g/mol. The van der Waals surface area contributed by atoms with Crippen molar-refractivity contribution in [2.45, 2.75) is 129 Å². The second kappa shape index (κ2) is 20.2. The molecule has 90 heavy (non-hydrogen) atoms. The Bertz CT molecular complexity index is 4860. The minimum Gasteiger partial charge on any atom is -0.311 e. The number of aromatic nitrogens is 1. The molecule has 0 saturated heterocycles. The van der Waals surface area contributed by atoms with Gasteiger partial charge in [0.2, 0.25) is 0 Å². The van der Waals surface area contributed by atoms with Crippen molar-refractivity contribution in [2.75, 3.05) is 9.80 Å². The molecule has 3 heterocycles. The fraction of sp³-hybridized carbons (Fsp3) is 0.233. The first-order valence-corrected chi connectivity index (χ1v) is 32.9. The summed E-state index contributed by atoms with van der Waals surface area (Å²) in [4.78, 5) is 5.20. The highest BCUT2D eigenvalue weighted by molar-refractivity contribution is 7.00. The number of nitrogens with zero attached hydrogens (tertiary/aromatic N) is 3. The quantitative estimate of drug-likeness (QED) is 0.147. The van der Waals surface area contributed by atoms with Gasteiger partial charge in [-0.1, -0.05) is 240 Å². The first kappa shape index (κ1) is 56.1. The monoisotopic (exact) mass is 1170 g/mol. The van der Waals surface area contributed by atoms with Gasteiger partial charge in [-0.3, -0.25) is 0 Å². The summed E-state index contributed by atoms with van der Waals surface area (Å²) in [5.41, 5.74) is 31.9. The van der Waals surface area contributed by atoms with E-state index < -0.39 is 0 Å². The molecule has 0 fully saturated rings. The number of rotatable bonds is 7. The molecule has 0 unspecified atom stereocenters. The zero-order valence-electron chi connectivity index (χ0n) is 54.3. The van der Waals surface area contributed by atoms with Gasteiger partial charge in [-0.2, -0.15) is 0 Å². The maximum Gasteiger partial charge on any atom is 0.252 e. The van der Waals surface area contributed by atoms with Crippen molar-refractivity contribution in [1.29, 1.82) is 0 Å². The standard InChI is InChI=1S/C86H80BN3/c1-82(2,3)63-33-43-76-68(53-63)67-24-18-19-25-75(67)90(76)66-38-42-74-78(54-66)89(65-36-28-58(29-37-65)60-31-40-70-72(49-60)86(10,11)47-45-84(70,6)7)80-52-62(56-22-16-13-17-23-56)51-79-81(80)87(74)73-41-32-61(55-20-14-12-15-21-55)50-77(73)88(79)64-34-26-57(27-35-64)59-30-39-69-71(48-59)85(8,9)46-44-83(69,4)5/h12-43,48-54H,44-47H2,1-11H3. The summed E-state index contributed by atoms with van der Waals surface area (Å²) in [5, 5.41) is 2.54. The third-order valence-corrected chi connectivity index (χ3v) is 21.7. The lowest BCUT2D eigenvalue weighted by Gasteiger charge is -2.44. The van der Waals surface area contributed by atoms with Gasteiger partial charge in [0.25, 0.3) is 6.71 Å². The Hall–Kier alpha value is -9.12. The van der Waals surface area contributed by atoms with E-state index in [1.165, 1.54) is 159 Å². The number of anilines is 6. The maximum absolute atomic E-state index is 2.61. The van der Waals surface area contributed by atoms with E-state index in [1.54, 1.807) is 0 Å². The summed E-state index contributed by atoms with van der Waals surface area (Å²) < 4.78 is 2.51. The molecule has 0 amide bonds. The fourth-order valence-corrected chi connectivity index (χ4v) is 16.1. The van der Waals surface area contributed by atoms with E-state index in [0.717, 1.165) is 17.1 Å². The predicted molar refractivity (Wildman–Crippen MR) is 386 cm³/mol. The van der Waals surface area contributed by atoms with Gasteiger partial charge in [0, 0.05) is 50.6 Å². The van der Waals surface area contributed by atoms with Crippen molar-refractivity contribution in [3.8, 4) is 50.2 Å². The summed E-state index contributed by atoms with van der Waals surface area (Å²) in [6, 6.07) is 91.4. The van der Waals surface area contributed by atoms with Gasteiger partial charge < -0.3 is 14.4 Å². The molecule has 3 nitrogen and oxygen atoms in total. The molecule has 4 aliphatic rings. The van der Waals surface area contributed by atoms with Crippen LogP contribution < -0.4 is 26.2 Å². The molecule has 0 bridgehead atoms. The SMILES string of the molecule is CC(C)(C)c1ccc2c(c1)c1ccccc1n2-c1ccc2c(c1)N(c1ccc(-c3ccc4c(c3)C(C)(C)CCC4(C)C)cc1)c1cc(-c3ccccc3)cc3c1B2c1ccc(-c2ccccc2)cc1N3c1ccc(-c2ccc3c(c2)C(C)(C)CCC3(C)C)cc1. The molecule has 0 N–H and O–H groups in total. The molecule has 1 aromatic heterocycles. The topological polar surface area (TPSA) is 11.4 Å². The highest BCUT2D eigenvalue weighted by Crippen LogP contribution is 2.52. The van der Waals surface area contributed by atoms with Gasteiger partial charge in [0.15, 0.2) is 0 Å². The molecule has 0 spiro atoms.